The monoisotopic (exact) mass is 370 g/mol. The molecule has 0 N–H and O–H groups in total. The molecule has 3 fully saturated rings. The first-order valence-corrected chi connectivity index (χ1v) is 11.1. The number of hydrogen-bond acceptors (Lipinski definition) is 3. The summed E-state index contributed by atoms with van der Waals surface area (Å²) in [4.78, 5) is 0. The van der Waals surface area contributed by atoms with Crippen LogP contribution < -0.4 is 4.74 Å². The van der Waals surface area contributed by atoms with E-state index in [1.54, 1.807) is 12.7 Å². The molecule has 0 radical (unpaired) electrons. The van der Waals surface area contributed by atoms with Crippen LogP contribution in [0.3, 0.4) is 0 Å². The maximum absolute atomic E-state index is 6.57. The Hall–Kier alpha value is -1.06. The van der Waals surface area contributed by atoms with Crippen LogP contribution in [0, 0.1) is 17.3 Å². The van der Waals surface area contributed by atoms with Gasteiger partial charge in [0, 0.05) is 6.61 Å². The fourth-order valence-electron chi connectivity index (χ4n) is 6.86. The second kappa shape index (κ2) is 7.08. The number of ether oxygens (including phenoxy) is 3. The van der Waals surface area contributed by atoms with E-state index in [9.17, 15) is 0 Å². The Morgan fingerprint density at radius 1 is 1.07 bits per heavy atom. The molecule has 3 nitrogen and oxygen atoms in total. The first-order valence-electron chi connectivity index (χ1n) is 11.1. The van der Waals surface area contributed by atoms with Gasteiger partial charge in [0.15, 0.2) is 6.29 Å². The zero-order valence-corrected chi connectivity index (χ0v) is 16.9. The molecule has 1 unspecified atom stereocenters. The number of hydrogen-bond donors (Lipinski definition) is 0. The van der Waals surface area contributed by atoms with Crippen molar-refractivity contribution in [2.45, 2.75) is 83.0 Å². The Balaban J connectivity index is 1.35. The van der Waals surface area contributed by atoms with Crippen molar-refractivity contribution in [2.75, 3.05) is 13.7 Å². The fraction of sp³-hybridized carbons (Fsp3) is 0.750. The van der Waals surface area contributed by atoms with Crippen molar-refractivity contribution in [1.29, 1.82) is 0 Å². The Morgan fingerprint density at radius 2 is 2.00 bits per heavy atom. The maximum atomic E-state index is 6.57. The summed E-state index contributed by atoms with van der Waals surface area (Å²) in [6.45, 7) is 3.40. The molecule has 1 heterocycles. The first-order chi connectivity index (χ1) is 13.2. The Bertz CT molecular complexity index is 680. The van der Waals surface area contributed by atoms with Crippen LogP contribution in [0.5, 0.6) is 5.75 Å². The SMILES string of the molecule is COc1ccc2c(c1)CC[C@@H]1[C@H]3CC[C@@H](OC4CCCCO4)[C@]3(C)CC[C@@H]21. The zero-order valence-electron chi connectivity index (χ0n) is 16.9. The fourth-order valence-corrected chi connectivity index (χ4v) is 6.86. The zero-order chi connectivity index (χ0) is 18.4. The van der Waals surface area contributed by atoms with Gasteiger partial charge >= 0.3 is 0 Å². The summed E-state index contributed by atoms with van der Waals surface area (Å²) in [5.74, 6) is 3.38. The van der Waals surface area contributed by atoms with Crippen LogP contribution in [-0.4, -0.2) is 26.1 Å². The quantitative estimate of drug-likeness (QED) is 0.707. The van der Waals surface area contributed by atoms with Gasteiger partial charge in [0.25, 0.3) is 0 Å². The van der Waals surface area contributed by atoms with Gasteiger partial charge in [0.05, 0.1) is 13.2 Å². The minimum atomic E-state index is 0.0524. The van der Waals surface area contributed by atoms with Crippen LogP contribution in [0.2, 0.25) is 0 Å². The summed E-state index contributed by atoms with van der Waals surface area (Å²) in [6, 6.07) is 6.79. The normalized spacial score (nSPS) is 40.7. The lowest BCUT2D eigenvalue weighted by Crippen LogP contribution is -2.46. The number of benzene rings is 1. The predicted molar refractivity (Wildman–Crippen MR) is 106 cm³/mol. The minimum absolute atomic E-state index is 0.0524. The van der Waals surface area contributed by atoms with Crippen molar-refractivity contribution in [1.82, 2.24) is 0 Å². The van der Waals surface area contributed by atoms with Gasteiger partial charge in [-0.05, 0) is 104 Å². The molecule has 6 atom stereocenters. The Labute approximate surface area is 163 Å². The molecule has 3 heteroatoms. The summed E-state index contributed by atoms with van der Waals surface area (Å²) in [5, 5.41) is 0. The highest BCUT2D eigenvalue weighted by molar-refractivity contribution is 5.40. The van der Waals surface area contributed by atoms with E-state index in [2.05, 4.69) is 25.1 Å². The van der Waals surface area contributed by atoms with Crippen molar-refractivity contribution >= 4 is 0 Å². The second-order valence-electron chi connectivity index (χ2n) is 9.52. The van der Waals surface area contributed by atoms with E-state index < -0.39 is 0 Å². The van der Waals surface area contributed by atoms with Crippen molar-refractivity contribution in [3.63, 3.8) is 0 Å². The van der Waals surface area contributed by atoms with Gasteiger partial charge in [-0.15, -0.1) is 0 Å². The molecule has 5 rings (SSSR count). The molecule has 3 aliphatic carbocycles. The van der Waals surface area contributed by atoms with Gasteiger partial charge in [-0.1, -0.05) is 13.0 Å². The third-order valence-corrected chi connectivity index (χ3v) is 8.30. The topological polar surface area (TPSA) is 27.7 Å². The van der Waals surface area contributed by atoms with E-state index in [1.165, 1.54) is 56.9 Å². The van der Waals surface area contributed by atoms with E-state index in [0.29, 0.717) is 11.5 Å². The molecule has 0 bridgehead atoms. The molecule has 2 saturated carbocycles. The Morgan fingerprint density at radius 3 is 2.81 bits per heavy atom. The first kappa shape index (κ1) is 18.0. The third kappa shape index (κ3) is 3.02. The number of fused-ring (bicyclic) bond motifs is 5. The number of aryl methyl sites for hydroxylation is 1. The van der Waals surface area contributed by atoms with E-state index in [1.807, 2.05) is 0 Å². The van der Waals surface area contributed by atoms with Crippen molar-refractivity contribution in [3.8, 4) is 5.75 Å². The molecule has 1 aromatic carbocycles. The molecule has 4 aliphatic rings. The average molecular weight is 371 g/mol. The summed E-state index contributed by atoms with van der Waals surface area (Å²) in [5.41, 5.74) is 3.47. The smallest absolute Gasteiger partial charge is 0.157 e. The molecule has 1 saturated heterocycles. The molecule has 0 amide bonds. The molecule has 0 aromatic heterocycles. The highest BCUT2D eigenvalue weighted by atomic mass is 16.7. The summed E-state index contributed by atoms with van der Waals surface area (Å²) >= 11 is 0. The lowest BCUT2D eigenvalue weighted by Gasteiger charge is -2.51. The predicted octanol–water partition coefficient (Wildman–Crippen LogP) is 5.46. The molecular formula is C24H34O3. The number of methoxy groups -OCH3 is 1. The van der Waals surface area contributed by atoms with E-state index in [0.717, 1.165) is 36.5 Å². The maximum Gasteiger partial charge on any atom is 0.157 e. The molecule has 27 heavy (non-hydrogen) atoms. The lowest BCUT2D eigenvalue weighted by molar-refractivity contribution is -0.212. The summed E-state index contributed by atoms with van der Waals surface area (Å²) in [6.07, 6.45) is 11.7. The van der Waals surface area contributed by atoms with Gasteiger partial charge < -0.3 is 14.2 Å². The number of rotatable bonds is 3. The molecule has 0 spiro atoms. The van der Waals surface area contributed by atoms with Gasteiger partial charge in [0.2, 0.25) is 0 Å². The molecule has 1 aromatic rings. The average Bonchev–Trinajstić information content (AvgIpc) is 3.04. The van der Waals surface area contributed by atoms with E-state index >= 15 is 0 Å². The van der Waals surface area contributed by atoms with Crippen LogP contribution in [-0.2, 0) is 15.9 Å². The van der Waals surface area contributed by atoms with Gasteiger partial charge in [-0.3, -0.25) is 0 Å². The standard InChI is InChI=1S/C24H34O3/c1-24-13-12-19-18-9-7-17(25-2)15-16(18)6-8-20(19)21(24)10-11-22(24)27-23-5-3-4-14-26-23/h7,9,15,19-23H,3-6,8,10-14H2,1-2H3/t19-,20-,21+,22+,23?,24+/m0/s1. The molecule has 1 aliphatic heterocycles. The van der Waals surface area contributed by atoms with Crippen LogP contribution in [0.15, 0.2) is 18.2 Å². The van der Waals surface area contributed by atoms with Crippen LogP contribution in [0.1, 0.15) is 75.3 Å². The molecule has 148 valence electrons. The van der Waals surface area contributed by atoms with Crippen molar-refractivity contribution < 1.29 is 14.2 Å². The van der Waals surface area contributed by atoms with Crippen molar-refractivity contribution in [2.24, 2.45) is 17.3 Å². The van der Waals surface area contributed by atoms with Crippen molar-refractivity contribution in [3.05, 3.63) is 29.3 Å². The Kier molecular flexibility index (Phi) is 4.72. The van der Waals surface area contributed by atoms with Crippen LogP contribution in [0.4, 0.5) is 0 Å². The largest absolute Gasteiger partial charge is 0.497 e. The van der Waals surface area contributed by atoms with E-state index in [-0.39, 0.29) is 6.29 Å². The van der Waals surface area contributed by atoms with Gasteiger partial charge in [-0.2, -0.15) is 0 Å². The third-order valence-electron chi connectivity index (χ3n) is 8.30. The van der Waals surface area contributed by atoms with Gasteiger partial charge in [0.1, 0.15) is 5.75 Å². The molecular weight excluding hydrogens is 336 g/mol. The summed E-state index contributed by atoms with van der Waals surface area (Å²) in [7, 11) is 1.77. The van der Waals surface area contributed by atoms with E-state index in [4.69, 9.17) is 14.2 Å². The minimum Gasteiger partial charge on any atom is -0.497 e. The second-order valence-corrected chi connectivity index (χ2v) is 9.52. The van der Waals surface area contributed by atoms with Crippen LogP contribution >= 0.6 is 0 Å². The lowest BCUT2D eigenvalue weighted by atomic mass is 9.55. The highest BCUT2D eigenvalue weighted by Gasteiger charge is 2.55. The van der Waals surface area contributed by atoms with Gasteiger partial charge in [-0.25, -0.2) is 0 Å². The highest BCUT2D eigenvalue weighted by Crippen LogP contribution is 2.61. The summed E-state index contributed by atoms with van der Waals surface area (Å²) < 4.78 is 17.9. The van der Waals surface area contributed by atoms with Crippen LogP contribution in [0.25, 0.3) is 0 Å².